The van der Waals surface area contributed by atoms with Crippen molar-refractivity contribution >= 4 is 31.8 Å². The molecule has 10 heteroatoms. The number of ether oxygens (including phenoxy) is 1. The van der Waals surface area contributed by atoms with Crippen LogP contribution in [0.4, 0.5) is 11.4 Å². The van der Waals surface area contributed by atoms with E-state index >= 15 is 0 Å². The molecule has 0 radical (unpaired) electrons. The summed E-state index contributed by atoms with van der Waals surface area (Å²) in [6.07, 6.45) is 0.842. The minimum Gasteiger partial charge on any atom is -0.407 e. The Morgan fingerprint density at radius 3 is 2.70 bits per heavy atom. The lowest BCUT2D eigenvalue weighted by molar-refractivity contribution is -0.384. The predicted molar refractivity (Wildman–Crippen MR) is 118 cm³/mol. The molecule has 0 bridgehead atoms. The van der Waals surface area contributed by atoms with E-state index in [2.05, 4.69) is 22.3 Å². The second-order valence-electron chi connectivity index (χ2n) is 6.81. The van der Waals surface area contributed by atoms with Crippen LogP contribution in [0.25, 0.3) is 0 Å². The molecular weight excluding hydrogens is 425 g/mol. The molecule has 1 aliphatic heterocycles. The first-order chi connectivity index (χ1) is 14.7. The molecule has 1 fully saturated rings. The third kappa shape index (κ3) is 6.95. The van der Waals surface area contributed by atoms with Crippen molar-refractivity contribution < 1.29 is 18.7 Å². The van der Waals surface area contributed by atoms with Gasteiger partial charge in [-0.1, -0.05) is 18.2 Å². The molecule has 1 N–H and O–H groups in total. The van der Waals surface area contributed by atoms with Gasteiger partial charge in [0.1, 0.15) is 11.4 Å². The summed E-state index contributed by atoms with van der Waals surface area (Å²) in [5, 5.41) is 14.9. The normalized spacial score (nSPS) is 15.6. The van der Waals surface area contributed by atoms with Gasteiger partial charge in [-0.2, -0.15) is 0 Å². The fourth-order valence-corrected chi connectivity index (χ4v) is 4.37. The monoisotopic (exact) mass is 449 g/mol. The molecule has 1 atom stereocenters. The molecule has 1 unspecified atom stereocenters. The number of anilines is 1. The van der Waals surface area contributed by atoms with E-state index in [-0.39, 0.29) is 17.5 Å². The molecule has 8 nitrogen and oxygen atoms in total. The first kappa shape index (κ1) is 22.5. The van der Waals surface area contributed by atoms with Gasteiger partial charge in [0.05, 0.1) is 24.2 Å². The number of nitro benzene ring substituents is 1. The number of nitrogens with zero attached hydrogens (tertiary/aromatic N) is 2. The Balaban J connectivity index is 1.71. The summed E-state index contributed by atoms with van der Waals surface area (Å²) >= 11 is 1.72. The van der Waals surface area contributed by atoms with Crippen LogP contribution in [0, 0.1) is 10.1 Å². The van der Waals surface area contributed by atoms with Gasteiger partial charge in [0.25, 0.3) is 5.69 Å². The predicted octanol–water partition coefficient (Wildman–Crippen LogP) is 4.48. The summed E-state index contributed by atoms with van der Waals surface area (Å²) in [5.41, 5.74) is 0.327. The van der Waals surface area contributed by atoms with Gasteiger partial charge in [0, 0.05) is 36.3 Å². The van der Waals surface area contributed by atoms with Crippen LogP contribution in [-0.4, -0.2) is 54.5 Å². The summed E-state index contributed by atoms with van der Waals surface area (Å²) in [7, 11) is -0.548. The van der Waals surface area contributed by atoms with Gasteiger partial charge < -0.3 is 14.6 Å². The molecule has 0 amide bonds. The van der Waals surface area contributed by atoms with Crippen molar-refractivity contribution in [1.29, 1.82) is 0 Å². The Morgan fingerprint density at radius 1 is 1.23 bits per heavy atom. The standard InChI is InChI=1S/C20H24N3O5PS/c24-23(25)20-14-17(28-29-26)6-7-19(20)21-16(8-9-22-10-12-27-13-11-22)15-30-18-4-2-1-3-5-18/h1-7,14,16,21H,8-13,15H2. The average Bonchev–Trinajstić information content (AvgIpc) is 2.78. The summed E-state index contributed by atoms with van der Waals surface area (Å²) in [6, 6.07) is 14.6. The van der Waals surface area contributed by atoms with E-state index in [0.29, 0.717) is 5.69 Å². The van der Waals surface area contributed by atoms with Crippen molar-refractivity contribution in [2.45, 2.75) is 17.4 Å². The first-order valence-corrected chi connectivity index (χ1v) is 11.4. The van der Waals surface area contributed by atoms with E-state index in [4.69, 9.17) is 9.26 Å². The maximum atomic E-state index is 11.5. The van der Waals surface area contributed by atoms with Crippen LogP contribution in [-0.2, 0) is 9.30 Å². The molecule has 1 saturated heterocycles. The van der Waals surface area contributed by atoms with Gasteiger partial charge in [0.2, 0.25) is 0 Å². The van der Waals surface area contributed by atoms with E-state index in [9.17, 15) is 14.7 Å². The van der Waals surface area contributed by atoms with E-state index in [1.807, 2.05) is 18.2 Å². The fourth-order valence-electron chi connectivity index (χ4n) is 3.18. The molecule has 1 heterocycles. The second-order valence-corrected chi connectivity index (χ2v) is 8.23. The second kappa shape index (κ2) is 11.9. The van der Waals surface area contributed by atoms with Crippen LogP contribution >= 0.6 is 20.4 Å². The van der Waals surface area contributed by atoms with Crippen molar-refractivity contribution in [2.24, 2.45) is 0 Å². The molecule has 160 valence electrons. The highest BCUT2D eigenvalue weighted by molar-refractivity contribution is 7.99. The van der Waals surface area contributed by atoms with Crippen molar-refractivity contribution in [3.8, 4) is 5.75 Å². The number of hydrogen-bond donors (Lipinski definition) is 1. The van der Waals surface area contributed by atoms with Gasteiger partial charge in [-0.25, -0.2) is 4.57 Å². The van der Waals surface area contributed by atoms with E-state index in [1.54, 1.807) is 23.9 Å². The Hall–Kier alpha value is -2.19. The third-order valence-corrected chi connectivity index (χ3v) is 6.22. The molecule has 2 aromatic carbocycles. The van der Waals surface area contributed by atoms with Crippen molar-refractivity contribution in [3.05, 3.63) is 58.6 Å². The van der Waals surface area contributed by atoms with Crippen molar-refractivity contribution in [3.63, 3.8) is 0 Å². The van der Waals surface area contributed by atoms with Gasteiger partial charge in [-0.05, 0) is 30.7 Å². The highest BCUT2D eigenvalue weighted by Crippen LogP contribution is 2.32. The van der Waals surface area contributed by atoms with Crippen molar-refractivity contribution in [2.75, 3.05) is 43.9 Å². The van der Waals surface area contributed by atoms with Crippen LogP contribution in [0.5, 0.6) is 5.75 Å². The minimum atomic E-state index is -0.548. The number of rotatable bonds is 11. The zero-order valence-corrected chi connectivity index (χ0v) is 18.1. The summed E-state index contributed by atoms with van der Waals surface area (Å²) < 4.78 is 20.9. The van der Waals surface area contributed by atoms with Crippen molar-refractivity contribution in [1.82, 2.24) is 4.90 Å². The summed E-state index contributed by atoms with van der Waals surface area (Å²) in [4.78, 5) is 14.6. The molecular formula is C20H24N3O5PS. The summed E-state index contributed by atoms with van der Waals surface area (Å²) in [6.45, 7) is 4.17. The highest BCUT2D eigenvalue weighted by atomic mass is 32.2. The molecule has 0 spiro atoms. The van der Waals surface area contributed by atoms with Crippen LogP contribution in [0.1, 0.15) is 6.42 Å². The van der Waals surface area contributed by atoms with Gasteiger partial charge in [-0.3, -0.25) is 15.0 Å². The number of benzene rings is 2. The average molecular weight is 449 g/mol. The van der Waals surface area contributed by atoms with E-state index in [1.165, 1.54) is 6.07 Å². The fraction of sp³-hybridized carbons (Fsp3) is 0.400. The lowest BCUT2D eigenvalue weighted by atomic mass is 10.2. The molecule has 2 aromatic rings. The Kier molecular flexibility index (Phi) is 8.89. The summed E-state index contributed by atoms with van der Waals surface area (Å²) in [5.74, 6) is 0.954. The number of nitro groups is 1. The Bertz CT molecular complexity index is 836. The molecule has 30 heavy (non-hydrogen) atoms. The molecule has 0 aromatic heterocycles. The molecule has 0 saturated carbocycles. The first-order valence-electron chi connectivity index (χ1n) is 9.68. The minimum absolute atomic E-state index is 0.0288. The van der Waals surface area contributed by atoms with Crippen LogP contribution < -0.4 is 9.84 Å². The van der Waals surface area contributed by atoms with Crippen LogP contribution in [0.3, 0.4) is 0 Å². The molecule has 1 aliphatic rings. The maximum Gasteiger partial charge on any atom is 0.395 e. The number of thioether (sulfide) groups is 1. The smallest absolute Gasteiger partial charge is 0.395 e. The van der Waals surface area contributed by atoms with E-state index < -0.39 is 13.6 Å². The molecule has 0 aliphatic carbocycles. The maximum absolute atomic E-state index is 11.5. The lowest BCUT2D eigenvalue weighted by Crippen LogP contribution is -2.39. The SMILES string of the molecule is O=POc1ccc(NC(CCN2CCOCC2)CSc2ccccc2)c([N+](=O)[O-])c1. The zero-order chi connectivity index (χ0) is 21.2. The highest BCUT2D eigenvalue weighted by Gasteiger charge is 2.20. The molecule has 3 rings (SSSR count). The third-order valence-electron chi connectivity index (χ3n) is 4.76. The topological polar surface area (TPSA) is 93.9 Å². The number of hydrogen-bond acceptors (Lipinski definition) is 8. The van der Waals surface area contributed by atoms with E-state index in [0.717, 1.165) is 49.9 Å². The Morgan fingerprint density at radius 2 is 2.00 bits per heavy atom. The quantitative estimate of drug-likeness (QED) is 0.232. The largest absolute Gasteiger partial charge is 0.407 e. The van der Waals surface area contributed by atoms with Gasteiger partial charge in [0.15, 0.2) is 0 Å². The number of nitrogens with one attached hydrogen (secondary N) is 1. The van der Waals surface area contributed by atoms with Gasteiger partial charge >= 0.3 is 8.69 Å². The lowest BCUT2D eigenvalue weighted by Gasteiger charge is -2.29. The van der Waals surface area contributed by atoms with Crippen LogP contribution in [0.15, 0.2) is 53.4 Å². The van der Waals surface area contributed by atoms with Gasteiger partial charge in [-0.15, -0.1) is 11.8 Å². The van der Waals surface area contributed by atoms with Crippen LogP contribution in [0.2, 0.25) is 0 Å². The zero-order valence-electron chi connectivity index (χ0n) is 16.4. The Labute approximate surface area is 181 Å². The number of morpholine rings is 1.